The second-order valence-electron chi connectivity index (χ2n) is 6.86. The second-order valence-corrected chi connectivity index (χ2v) is 14.8. The zero-order valence-electron chi connectivity index (χ0n) is 15.5. The number of hydrogen-bond donors (Lipinski definition) is 0. The van der Waals surface area contributed by atoms with Gasteiger partial charge in [-0.2, -0.15) is 0 Å². The van der Waals surface area contributed by atoms with E-state index in [0.29, 0.717) is 0 Å². The summed E-state index contributed by atoms with van der Waals surface area (Å²) in [5, 5.41) is 0. The van der Waals surface area contributed by atoms with Gasteiger partial charge in [0, 0.05) is 13.2 Å². The Hall–Kier alpha value is -0.120. The Bertz CT molecular complexity index is 424. The fourth-order valence-corrected chi connectivity index (χ4v) is 6.65. The van der Waals surface area contributed by atoms with Crippen LogP contribution in [-0.4, -0.2) is 49.7 Å². The minimum Gasteiger partial charge on any atom is -0.382 e. The van der Waals surface area contributed by atoms with Crippen LogP contribution in [0.1, 0.15) is 33.1 Å². The minimum atomic E-state index is -0.691. The SMILES string of the molecule is CCCCS(C)(C)c1ccc(S(C)(C)CCCOCC)cc1. The molecule has 0 radical (unpaired) electrons. The first-order valence-corrected chi connectivity index (χ1v) is 13.7. The fraction of sp³-hybridized carbons (Fsp3) is 0.684. The summed E-state index contributed by atoms with van der Waals surface area (Å²) in [6, 6.07) is 9.59. The van der Waals surface area contributed by atoms with Crippen LogP contribution in [-0.2, 0) is 4.74 Å². The molecular weight excluding hydrogens is 308 g/mol. The molecule has 0 aromatic heterocycles. The molecule has 0 aliphatic heterocycles. The number of hydrogen-bond acceptors (Lipinski definition) is 1. The Kier molecular flexibility index (Phi) is 8.37. The van der Waals surface area contributed by atoms with Crippen molar-refractivity contribution >= 4 is 20.1 Å². The fourth-order valence-electron chi connectivity index (χ4n) is 2.58. The lowest BCUT2D eigenvalue weighted by molar-refractivity contribution is 0.149. The van der Waals surface area contributed by atoms with Crippen molar-refractivity contribution in [3.63, 3.8) is 0 Å². The summed E-state index contributed by atoms with van der Waals surface area (Å²) in [5.41, 5.74) is 0. The largest absolute Gasteiger partial charge is 0.382 e. The van der Waals surface area contributed by atoms with Crippen LogP contribution >= 0.6 is 20.1 Å². The zero-order chi connectivity index (χ0) is 16.6. The van der Waals surface area contributed by atoms with E-state index in [1.54, 1.807) is 9.79 Å². The Balaban J connectivity index is 2.70. The van der Waals surface area contributed by atoms with Crippen molar-refractivity contribution in [3.05, 3.63) is 24.3 Å². The normalized spacial score (nSPS) is 14.1. The van der Waals surface area contributed by atoms with Crippen molar-refractivity contribution in [2.75, 3.05) is 49.7 Å². The number of benzene rings is 1. The monoisotopic (exact) mass is 344 g/mol. The molecule has 3 heteroatoms. The molecule has 0 saturated heterocycles. The molecule has 0 spiro atoms. The summed E-state index contributed by atoms with van der Waals surface area (Å²) in [7, 11) is -1.31. The van der Waals surface area contributed by atoms with E-state index in [0.717, 1.165) is 13.2 Å². The third-order valence-corrected chi connectivity index (χ3v) is 9.97. The van der Waals surface area contributed by atoms with Gasteiger partial charge in [0.25, 0.3) is 0 Å². The second kappa shape index (κ2) is 9.24. The standard InChI is InChI=1S/C19H36OS2/c1-7-9-16-21(3,4)18-11-13-19(14-12-18)22(5,6)17-10-15-20-8-2/h11-14H,7-10,15-17H2,1-6H3. The highest BCUT2D eigenvalue weighted by Gasteiger charge is 2.17. The van der Waals surface area contributed by atoms with E-state index in [-0.39, 0.29) is 0 Å². The topological polar surface area (TPSA) is 9.23 Å². The van der Waals surface area contributed by atoms with Gasteiger partial charge in [0.05, 0.1) is 0 Å². The summed E-state index contributed by atoms with van der Waals surface area (Å²) >= 11 is 0. The van der Waals surface area contributed by atoms with Crippen molar-refractivity contribution in [2.45, 2.75) is 42.9 Å². The van der Waals surface area contributed by atoms with Crippen molar-refractivity contribution in [1.82, 2.24) is 0 Å². The first-order chi connectivity index (χ1) is 10.3. The van der Waals surface area contributed by atoms with Gasteiger partial charge in [-0.1, -0.05) is 13.3 Å². The quantitative estimate of drug-likeness (QED) is 0.490. The van der Waals surface area contributed by atoms with Gasteiger partial charge in [0.1, 0.15) is 0 Å². The van der Waals surface area contributed by atoms with E-state index in [2.05, 4.69) is 63.1 Å². The molecule has 0 saturated carbocycles. The maximum atomic E-state index is 5.48. The first-order valence-electron chi connectivity index (χ1n) is 8.43. The molecule has 0 fully saturated rings. The van der Waals surface area contributed by atoms with E-state index >= 15 is 0 Å². The van der Waals surface area contributed by atoms with Gasteiger partial charge in [-0.05, 0) is 90.4 Å². The highest BCUT2D eigenvalue weighted by molar-refractivity contribution is 8.33. The van der Waals surface area contributed by atoms with Crippen molar-refractivity contribution in [3.8, 4) is 0 Å². The molecule has 1 nitrogen and oxygen atoms in total. The molecule has 0 atom stereocenters. The van der Waals surface area contributed by atoms with Crippen LogP contribution in [0.25, 0.3) is 0 Å². The molecule has 1 aromatic carbocycles. The molecule has 0 aliphatic carbocycles. The highest BCUT2D eigenvalue weighted by Crippen LogP contribution is 2.53. The van der Waals surface area contributed by atoms with Gasteiger partial charge in [-0.15, -0.1) is 0 Å². The molecule has 0 N–H and O–H groups in total. The molecule has 1 aromatic rings. The van der Waals surface area contributed by atoms with Crippen LogP contribution in [0, 0.1) is 0 Å². The highest BCUT2D eigenvalue weighted by atomic mass is 32.3. The van der Waals surface area contributed by atoms with Crippen molar-refractivity contribution in [2.24, 2.45) is 0 Å². The number of unbranched alkanes of at least 4 members (excludes halogenated alkanes) is 1. The summed E-state index contributed by atoms with van der Waals surface area (Å²) in [4.78, 5) is 3.10. The average Bonchev–Trinajstić information content (AvgIpc) is 2.50. The van der Waals surface area contributed by atoms with Crippen LogP contribution in [0.15, 0.2) is 34.1 Å². The summed E-state index contributed by atoms with van der Waals surface area (Å²) < 4.78 is 5.48. The maximum Gasteiger partial charge on any atom is 0.0473 e. The Morgan fingerprint density at radius 3 is 1.64 bits per heavy atom. The van der Waals surface area contributed by atoms with E-state index in [4.69, 9.17) is 4.74 Å². The molecule has 22 heavy (non-hydrogen) atoms. The Morgan fingerprint density at radius 2 is 1.23 bits per heavy atom. The number of rotatable bonds is 10. The minimum absolute atomic E-state index is 0.620. The third kappa shape index (κ3) is 6.17. The Morgan fingerprint density at radius 1 is 0.773 bits per heavy atom. The molecule has 1 rings (SSSR count). The lowest BCUT2D eigenvalue weighted by Crippen LogP contribution is -2.06. The van der Waals surface area contributed by atoms with Crippen LogP contribution in [0.5, 0.6) is 0 Å². The lowest BCUT2D eigenvalue weighted by atomic mass is 10.4. The van der Waals surface area contributed by atoms with Gasteiger partial charge < -0.3 is 4.74 Å². The van der Waals surface area contributed by atoms with Crippen LogP contribution < -0.4 is 0 Å². The predicted octanol–water partition coefficient (Wildman–Crippen LogP) is 5.76. The van der Waals surface area contributed by atoms with Crippen LogP contribution in [0.4, 0.5) is 0 Å². The average molecular weight is 345 g/mol. The number of ether oxygens (including phenoxy) is 1. The van der Waals surface area contributed by atoms with E-state index in [1.807, 2.05) is 0 Å². The maximum absolute atomic E-state index is 5.48. The van der Waals surface area contributed by atoms with Crippen molar-refractivity contribution in [1.29, 1.82) is 0 Å². The molecule has 0 bridgehead atoms. The van der Waals surface area contributed by atoms with Gasteiger partial charge in [-0.25, -0.2) is 20.1 Å². The van der Waals surface area contributed by atoms with Crippen molar-refractivity contribution < 1.29 is 4.74 Å². The van der Waals surface area contributed by atoms with E-state index in [1.165, 1.54) is 30.8 Å². The van der Waals surface area contributed by atoms with Gasteiger partial charge >= 0.3 is 0 Å². The predicted molar refractivity (Wildman–Crippen MR) is 108 cm³/mol. The lowest BCUT2D eigenvalue weighted by Gasteiger charge is -2.35. The Labute approximate surface area is 141 Å². The van der Waals surface area contributed by atoms with Crippen LogP contribution in [0.2, 0.25) is 0 Å². The van der Waals surface area contributed by atoms with Crippen LogP contribution in [0.3, 0.4) is 0 Å². The van der Waals surface area contributed by atoms with Gasteiger partial charge in [0.2, 0.25) is 0 Å². The molecule has 130 valence electrons. The zero-order valence-corrected chi connectivity index (χ0v) is 17.1. The summed E-state index contributed by atoms with van der Waals surface area (Å²) in [5.74, 6) is 2.62. The van der Waals surface area contributed by atoms with E-state index in [9.17, 15) is 0 Å². The molecule has 0 amide bonds. The summed E-state index contributed by atoms with van der Waals surface area (Å²) in [6.45, 7) is 6.09. The molecule has 0 unspecified atom stereocenters. The third-order valence-electron chi connectivity index (χ3n) is 4.26. The molecule has 0 aliphatic rings. The smallest absolute Gasteiger partial charge is 0.0473 e. The van der Waals surface area contributed by atoms with Gasteiger partial charge in [0.15, 0.2) is 0 Å². The van der Waals surface area contributed by atoms with E-state index < -0.39 is 20.1 Å². The summed E-state index contributed by atoms with van der Waals surface area (Å²) in [6.07, 6.45) is 13.6. The molecule has 0 heterocycles. The first kappa shape index (κ1) is 19.9. The van der Waals surface area contributed by atoms with Gasteiger partial charge in [-0.3, -0.25) is 0 Å². The molecular formula is C19H36OS2.